The first-order chi connectivity index (χ1) is 12.0. The fourth-order valence-electron chi connectivity index (χ4n) is 2.95. The second-order valence-electron chi connectivity index (χ2n) is 6.18. The van der Waals surface area contributed by atoms with E-state index >= 15 is 0 Å². The Kier molecular flexibility index (Phi) is 6.25. The van der Waals surface area contributed by atoms with Gasteiger partial charge < -0.3 is 10.6 Å². The van der Waals surface area contributed by atoms with Gasteiger partial charge in [0.2, 0.25) is 11.8 Å². The van der Waals surface area contributed by atoms with E-state index in [1.165, 1.54) is 31.0 Å². The minimum absolute atomic E-state index is 0.0586. The van der Waals surface area contributed by atoms with Crippen LogP contribution < -0.4 is 10.6 Å². The highest BCUT2D eigenvalue weighted by Crippen LogP contribution is 2.30. The summed E-state index contributed by atoms with van der Waals surface area (Å²) in [7, 11) is 0. The van der Waals surface area contributed by atoms with Crippen LogP contribution in [0.3, 0.4) is 0 Å². The van der Waals surface area contributed by atoms with Gasteiger partial charge in [-0.25, -0.2) is 0 Å². The number of rotatable bonds is 4. The van der Waals surface area contributed by atoms with Gasteiger partial charge in [-0.3, -0.25) is 14.6 Å². The molecule has 2 amide bonds. The van der Waals surface area contributed by atoms with Gasteiger partial charge in [0, 0.05) is 6.42 Å². The van der Waals surface area contributed by atoms with Gasteiger partial charge >= 0.3 is 0 Å². The predicted molar refractivity (Wildman–Crippen MR) is 104 cm³/mol. The summed E-state index contributed by atoms with van der Waals surface area (Å²) in [5, 5.41) is 6.32. The average Bonchev–Trinajstić information content (AvgIpc) is 2.92. The van der Waals surface area contributed by atoms with Gasteiger partial charge in [0.25, 0.3) is 0 Å². The first kappa shape index (κ1) is 18.5. The molecule has 1 aliphatic carbocycles. The quantitative estimate of drug-likeness (QED) is 0.794. The zero-order chi connectivity index (χ0) is 17.8. The molecule has 1 heterocycles. The van der Waals surface area contributed by atoms with E-state index in [2.05, 4.69) is 15.6 Å². The molecule has 5 nitrogen and oxygen atoms in total. The van der Waals surface area contributed by atoms with Crippen molar-refractivity contribution in [1.82, 2.24) is 5.32 Å². The minimum Gasteiger partial charge on any atom is -0.325 e. The third-order valence-corrected chi connectivity index (χ3v) is 6.16. The van der Waals surface area contributed by atoms with E-state index < -0.39 is 5.25 Å². The Morgan fingerprint density at radius 3 is 2.80 bits per heavy atom. The zero-order valence-corrected chi connectivity index (χ0v) is 15.9. The molecule has 2 aliphatic rings. The molecular formula is C17H19Cl2N3O2S. The van der Waals surface area contributed by atoms with Crippen molar-refractivity contribution in [3.05, 3.63) is 28.2 Å². The number of anilines is 1. The topological polar surface area (TPSA) is 70.6 Å². The van der Waals surface area contributed by atoms with Gasteiger partial charge in [0.1, 0.15) is 5.25 Å². The Morgan fingerprint density at radius 1 is 1.28 bits per heavy atom. The summed E-state index contributed by atoms with van der Waals surface area (Å²) in [6, 6.07) is 5.31. The fraction of sp³-hybridized carbons (Fsp3) is 0.471. The summed E-state index contributed by atoms with van der Waals surface area (Å²) < 4.78 is 0. The maximum atomic E-state index is 12.2. The Labute approximate surface area is 160 Å². The summed E-state index contributed by atoms with van der Waals surface area (Å²) in [5.41, 5.74) is 0.443. The second kappa shape index (κ2) is 8.43. The first-order valence-corrected chi connectivity index (χ1v) is 9.95. The van der Waals surface area contributed by atoms with Crippen LogP contribution in [0.2, 0.25) is 10.0 Å². The van der Waals surface area contributed by atoms with Crippen molar-refractivity contribution < 1.29 is 9.59 Å². The van der Waals surface area contributed by atoms with Crippen LogP contribution in [0.1, 0.15) is 38.5 Å². The van der Waals surface area contributed by atoms with E-state index in [0.717, 1.165) is 12.8 Å². The number of aliphatic imine (C=N–C) groups is 1. The molecule has 0 bridgehead atoms. The molecule has 25 heavy (non-hydrogen) atoms. The van der Waals surface area contributed by atoms with Crippen LogP contribution in [0.5, 0.6) is 0 Å². The number of thioether (sulfide) groups is 1. The molecule has 1 atom stereocenters. The molecule has 3 rings (SSSR count). The number of amidine groups is 1. The highest BCUT2D eigenvalue weighted by Gasteiger charge is 2.32. The van der Waals surface area contributed by atoms with Gasteiger partial charge in [-0.05, 0) is 25.0 Å². The predicted octanol–water partition coefficient (Wildman–Crippen LogP) is 4.24. The maximum Gasteiger partial charge on any atom is 0.240 e. The van der Waals surface area contributed by atoms with Crippen molar-refractivity contribution in [2.75, 3.05) is 5.32 Å². The smallest absolute Gasteiger partial charge is 0.240 e. The first-order valence-electron chi connectivity index (χ1n) is 8.32. The summed E-state index contributed by atoms with van der Waals surface area (Å²) >= 11 is 13.3. The Bertz CT molecular complexity index is 705. The van der Waals surface area contributed by atoms with Crippen LogP contribution in [0.15, 0.2) is 23.2 Å². The molecule has 8 heteroatoms. The van der Waals surface area contributed by atoms with Crippen molar-refractivity contribution >= 4 is 57.6 Å². The largest absolute Gasteiger partial charge is 0.325 e. The molecule has 1 aliphatic heterocycles. The summed E-state index contributed by atoms with van der Waals surface area (Å²) in [5.74, 6) is -0.456. The minimum atomic E-state index is -0.472. The van der Waals surface area contributed by atoms with E-state index in [-0.39, 0.29) is 24.3 Å². The summed E-state index contributed by atoms with van der Waals surface area (Å²) in [6.45, 7) is 0. The Balaban J connectivity index is 1.57. The van der Waals surface area contributed by atoms with E-state index in [9.17, 15) is 9.59 Å². The van der Waals surface area contributed by atoms with Gasteiger partial charge in [0.05, 0.1) is 21.8 Å². The molecular weight excluding hydrogens is 381 g/mol. The monoisotopic (exact) mass is 399 g/mol. The van der Waals surface area contributed by atoms with Crippen LogP contribution in [0.25, 0.3) is 0 Å². The van der Waals surface area contributed by atoms with E-state index in [1.54, 1.807) is 18.2 Å². The third-order valence-electron chi connectivity index (χ3n) is 4.25. The normalized spacial score (nSPS) is 22.9. The number of hydrogen-bond acceptors (Lipinski definition) is 4. The molecule has 1 unspecified atom stereocenters. The average molecular weight is 400 g/mol. The fourth-order valence-corrected chi connectivity index (χ4v) is 4.33. The highest BCUT2D eigenvalue weighted by atomic mass is 35.5. The third kappa shape index (κ3) is 4.90. The van der Waals surface area contributed by atoms with Gasteiger partial charge in [-0.15, -0.1) is 0 Å². The van der Waals surface area contributed by atoms with E-state index in [4.69, 9.17) is 23.2 Å². The van der Waals surface area contributed by atoms with Crippen LogP contribution in [0, 0.1) is 0 Å². The molecule has 0 radical (unpaired) electrons. The van der Waals surface area contributed by atoms with Gasteiger partial charge in [-0.1, -0.05) is 60.3 Å². The number of carbonyl (C=O) groups excluding carboxylic acids is 2. The van der Waals surface area contributed by atoms with Crippen molar-refractivity contribution in [2.24, 2.45) is 4.99 Å². The number of hydrogen-bond donors (Lipinski definition) is 2. The number of carbonyl (C=O) groups is 2. The molecule has 0 aromatic heterocycles. The molecule has 1 aromatic rings. The standard InChI is InChI=1S/C17H19Cl2N3O2S/c18-11-7-4-8-12(15(11)19)21-14(23)9-13-16(24)22-17(25-13)20-10-5-2-1-3-6-10/h4,7-8,10,13H,1-3,5-6,9H2,(H,21,23)(H,20,22,24). The number of nitrogens with one attached hydrogen (secondary N) is 2. The van der Waals surface area contributed by atoms with Crippen molar-refractivity contribution in [3.8, 4) is 0 Å². The second-order valence-corrected chi connectivity index (χ2v) is 8.15. The lowest BCUT2D eigenvalue weighted by Gasteiger charge is -2.17. The SMILES string of the molecule is O=C(CC1SC(=NC2CCCCC2)NC1=O)Nc1cccc(Cl)c1Cl. The lowest BCUT2D eigenvalue weighted by molar-refractivity contribution is -0.122. The zero-order valence-electron chi connectivity index (χ0n) is 13.6. The molecule has 134 valence electrons. The summed E-state index contributed by atoms with van der Waals surface area (Å²) in [4.78, 5) is 29.0. The van der Waals surface area contributed by atoms with Gasteiger partial charge in [0.15, 0.2) is 5.17 Å². The van der Waals surface area contributed by atoms with E-state index in [0.29, 0.717) is 20.9 Å². The van der Waals surface area contributed by atoms with Crippen LogP contribution in [-0.4, -0.2) is 28.3 Å². The Hall–Kier alpha value is -1.24. The lowest BCUT2D eigenvalue weighted by Crippen LogP contribution is -2.28. The number of nitrogens with zero attached hydrogens (tertiary/aromatic N) is 1. The van der Waals surface area contributed by atoms with Gasteiger partial charge in [-0.2, -0.15) is 0 Å². The molecule has 1 aromatic carbocycles. The molecule has 2 N–H and O–H groups in total. The van der Waals surface area contributed by atoms with Crippen molar-refractivity contribution in [3.63, 3.8) is 0 Å². The van der Waals surface area contributed by atoms with Crippen LogP contribution >= 0.6 is 35.0 Å². The number of halogens is 2. The maximum absolute atomic E-state index is 12.2. The molecule has 2 fully saturated rings. The number of amides is 2. The van der Waals surface area contributed by atoms with Crippen molar-refractivity contribution in [2.45, 2.75) is 49.8 Å². The molecule has 1 saturated carbocycles. The lowest BCUT2D eigenvalue weighted by atomic mass is 9.96. The molecule has 1 saturated heterocycles. The molecule has 0 spiro atoms. The van der Waals surface area contributed by atoms with Crippen LogP contribution in [-0.2, 0) is 9.59 Å². The van der Waals surface area contributed by atoms with Crippen LogP contribution in [0.4, 0.5) is 5.69 Å². The highest BCUT2D eigenvalue weighted by molar-refractivity contribution is 8.15. The summed E-state index contributed by atoms with van der Waals surface area (Å²) in [6.07, 6.45) is 5.83. The van der Waals surface area contributed by atoms with Crippen molar-refractivity contribution in [1.29, 1.82) is 0 Å². The van der Waals surface area contributed by atoms with E-state index in [1.807, 2.05) is 0 Å². The number of benzene rings is 1. The Morgan fingerprint density at radius 2 is 2.04 bits per heavy atom.